The van der Waals surface area contributed by atoms with E-state index in [0.717, 1.165) is 0 Å². The molecule has 0 aliphatic rings. The van der Waals surface area contributed by atoms with E-state index in [0.29, 0.717) is 0 Å². The van der Waals surface area contributed by atoms with Crippen LogP contribution >= 0.6 is 12.0 Å². The molecule has 0 amide bonds. The number of hydrogen-bond donors (Lipinski definition) is 2. The highest BCUT2D eigenvalue weighted by Gasteiger charge is 2.21. The molecule has 0 atom stereocenters. The normalized spacial score (nSPS) is 11.2. The van der Waals surface area contributed by atoms with Crippen molar-refractivity contribution in [1.82, 2.24) is 0 Å². The molecule has 7 heteroatoms. The van der Waals surface area contributed by atoms with Gasteiger partial charge in [-0.2, -0.15) is 0 Å². The predicted octanol–water partition coefficient (Wildman–Crippen LogP) is -0.360. The van der Waals surface area contributed by atoms with Crippen molar-refractivity contribution in [3.8, 4) is 0 Å². The molecule has 0 spiro atoms. The molecule has 0 aromatic heterocycles. The summed E-state index contributed by atoms with van der Waals surface area (Å²) in [6.45, 7) is 2.41. The third-order valence-corrected chi connectivity index (χ3v) is 3.24. The monoisotopic (exact) mass is 212 g/mol. The standard InChI is InChI=1S/C5H8O5S2/c1-4(5(7)11-8)12(9,10)3-2-6/h6,8H,1-3H2. The van der Waals surface area contributed by atoms with Crippen LogP contribution in [0.3, 0.4) is 0 Å². The summed E-state index contributed by atoms with van der Waals surface area (Å²) in [5, 5.41) is 7.28. The molecule has 0 aromatic rings. The van der Waals surface area contributed by atoms with Crippen LogP contribution in [0, 0.1) is 0 Å². The fourth-order valence-electron chi connectivity index (χ4n) is 0.421. The van der Waals surface area contributed by atoms with Gasteiger partial charge in [0.15, 0.2) is 9.84 Å². The summed E-state index contributed by atoms with van der Waals surface area (Å²) in [6.07, 6.45) is 0. The van der Waals surface area contributed by atoms with E-state index in [1.165, 1.54) is 0 Å². The Morgan fingerprint density at radius 1 is 1.50 bits per heavy atom. The molecule has 5 nitrogen and oxygen atoms in total. The Morgan fingerprint density at radius 3 is 2.33 bits per heavy atom. The van der Waals surface area contributed by atoms with Crippen LogP contribution in [-0.4, -0.2) is 35.6 Å². The molecule has 0 aliphatic heterocycles. The molecule has 0 saturated heterocycles. The number of hydrogen-bond acceptors (Lipinski definition) is 6. The minimum absolute atomic E-state index is 0.214. The zero-order valence-corrected chi connectivity index (χ0v) is 7.69. The van der Waals surface area contributed by atoms with Gasteiger partial charge in [-0.05, 0) is 0 Å². The van der Waals surface area contributed by atoms with Crippen LogP contribution in [0.15, 0.2) is 11.5 Å². The quantitative estimate of drug-likeness (QED) is 0.488. The van der Waals surface area contributed by atoms with E-state index in [2.05, 4.69) is 6.58 Å². The first-order valence-corrected chi connectivity index (χ1v) is 5.26. The van der Waals surface area contributed by atoms with E-state index in [1.54, 1.807) is 0 Å². The fraction of sp³-hybridized carbons (Fsp3) is 0.400. The molecule has 0 saturated carbocycles. The van der Waals surface area contributed by atoms with Crippen LogP contribution in [0.5, 0.6) is 0 Å². The summed E-state index contributed by atoms with van der Waals surface area (Å²) in [7, 11) is -3.80. The lowest BCUT2D eigenvalue weighted by Crippen LogP contribution is -2.15. The summed E-state index contributed by atoms with van der Waals surface area (Å²) in [5.41, 5.74) is 0. The lowest BCUT2D eigenvalue weighted by atomic mass is 10.7. The Hall–Kier alpha value is -0.370. The van der Waals surface area contributed by atoms with Crippen LogP contribution in [0.1, 0.15) is 0 Å². The molecule has 0 fully saturated rings. The van der Waals surface area contributed by atoms with Gasteiger partial charge in [0.1, 0.15) is 4.91 Å². The van der Waals surface area contributed by atoms with Gasteiger partial charge in [0.2, 0.25) is 0 Å². The molecule has 0 unspecified atom stereocenters. The molecule has 0 radical (unpaired) electrons. The van der Waals surface area contributed by atoms with Crippen molar-refractivity contribution >= 4 is 27.0 Å². The minimum Gasteiger partial charge on any atom is -0.395 e. The van der Waals surface area contributed by atoms with E-state index in [1.807, 2.05) is 0 Å². The SMILES string of the molecule is C=C(C(=O)SO)S(=O)(=O)CCO. The highest BCUT2D eigenvalue weighted by Crippen LogP contribution is 2.12. The highest BCUT2D eigenvalue weighted by molar-refractivity contribution is 8.12. The zero-order chi connectivity index (χ0) is 9.78. The van der Waals surface area contributed by atoms with Crippen LogP contribution in [0.25, 0.3) is 0 Å². The van der Waals surface area contributed by atoms with Gasteiger partial charge in [-0.3, -0.25) is 4.79 Å². The van der Waals surface area contributed by atoms with Crippen molar-refractivity contribution in [2.75, 3.05) is 12.4 Å². The minimum atomic E-state index is -3.80. The lowest BCUT2D eigenvalue weighted by Gasteiger charge is -2.01. The molecular formula is C5H8O5S2. The summed E-state index contributed by atoms with van der Waals surface area (Å²) in [4.78, 5) is 9.90. The largest absolute Gasteiger partial charge is 0.395 e. The fourth-order valence-corrected chi connectivity index (χ4v) is 1.76. The van der Waals surface area contributed by atoms with Gasteiger partial charge in [0.05, 0.1) is 24.4 Å². The average molecular weight is 212 g/mol. The van der Waals surface area contributed by atoms with Gasteiger partial charge in [-0.1, -0.05) is 6.58 Å². The van der Waals surface area contributed by atoms with Crippen molar-refractivity contribution in [2.45, 2.75) is 0 Å². The Morgan fingerprint density at radius 2 is 2.00 bits per heavy atom. The molecule has 0 bridgehead atoms. The predicted molar refractivity (Wildman–Crippen MR) is 45.2 cm³/mol. The Labute approximate surface area is 74.2 Å². The van der Waals surface area contributed by atoms with Gasteiger partial charge in [0.25, 0.3) is 5.12 Å². The first-order valence-electron chi connectivity index (χ1n) is 2.84. The number of carbonyl (C=O) groups is 1. The third kappa shape index (κ3) is 2.94. The maximum atomic E-state index is 10.9. The summed E-state index contributed by atoms with van der Waals surface area (Å²) >= 11 is -0.214. The van der Waals surface area contributed by atoms with E-state index in [9.17, 15) is 13.2 Å². The van der Waals surface area contributed by atoms with Crippen LogP contribution in [-0.2, 0) is 14.6 Å². The number of aliphatic hydroxyl groups is 1. The number of aliphatic hydroxyl groups excluding tert-OH is 1. The topological polar surface area (TPSA) is 91.7 Å². The summed E-state index contributed by atoms with van der Waals surface area (Å²) in [5.74, 6) is -0.557. The van der Waals surface area contributed by atoms with Gasteiger partial charge < -0.3 is 9.66 Å². The lowest BCUT2D eigenvalue weighted by molar-refractivity contribution is -0.107. The van der Waals surface area contributed by atoms with E-state index < -0.39 is 32.2 Å². The maximum Gasteiger partial charge on any atom is 0.256 e. The van der Waals surface area contributed by atoms with Crippen molar-refractivity contribution in [3.63, 3.8) is 0 Å². The number of sulfone groups is 1. The molecule has 0 aliphatic carbocycles. The van der Waals surface area contributed by atoms with Crippen molar-refractivity contribution in [1.29, 1.82) is 0 Å². The molecule has 0 heterocycles. The second-order valence-electron chi connectivity index (χ2n) is 1.84. The van der Waals surface area contributed by atoms with E-state index >= 15 is 0 Å². The first kappa shape index (κ1) is 11.6. The van der Waals surface area contributed by atoms with Crippen LogP contribution in [0.4, 0.5) is 0 Å². The first-order chi connectivity index (χ1) is 5.45. The number of rotatable bonds is 4. The molecule has 70 valence electrons. The van der Waals surface area contributed by atoms with Crippen molar-refractivity contribution in [3.05, 3.63) is 11.5 Å². The molecule has 0 rings (SSSR count). The second-order valence-corrected chi connectivity index (χ2v) is 4.53. The Bertz CT molecular complexity index is 278. The van der Waals surface area contributed by atoms with Crippen LogP contribution in [0.2, 0.25) is 0 Å². The average Bonchev–Trinajstić information content (AvgIpc) is 2.01. The Kier molecular flexibility index (Phi) is 4.46. The van der Waals surface area contributed by atoms with Gasteiger partial charge in [0, 0.05) is 0 Å². The van der Waals surface area contributed by atoms with E-state index in [4.69, 9.17) is 9.66 Å². The molecule has 12 heavy (non-hydrogen) atoms. The smallest absolute Gasteiger partial charge is 0.256 e. The van der Waals surface area contributed by atoms with E-state index in [-0.39, 0.29) is 12.0 Å². The van der Waals surface area contributed by atoms with Gasteiger partial charge >= 0.3 is 0 Å². The molecular weight excluding hydrogens is 204 g/mol. The highest BCUT2D eigenvalue weighted by atomic mass is 32.2. The second kappa shape index (κ2) is 4.61. The molecule has 2 N–H and O–H groups in total. The van der Waals surface area contributed by atoms with Crippen molar-refractivity contribution < 1.29 is 22.9 Å². The van der Waals surface area contributed by atoms with Gasteiger partial charge in [-0.25, -0.2) is 8.42 Å². The zero-order valence-electron chi connectivity index (χ0n) is 6.06. The summed E-state index contributed by atoms with van der Waals surface area (Å²) < 4.78 is 30.1. The van der Waals surface area contributed by atoms with Gasteiger partial charge in [-0.15, -0.1) is 0 Å². The molecule has 0 aromatic carbocycles. The van der Waals surface area contributed by atoms with Crippen LogP contribution < -0.4 is 0 Å². The summed E-state index contributed by atoms with van der Waals surface area (Å²) in [6, 6.07) is 0. The maximum absolute atomic E-state index is 10.9. The number of carbonyl (C=O) groups excluding carboxylic acids is 1. The van der Waals surface area contributed by atoms with Crippen molar-refractivity contribution in [2.24, 2.45) is 0 Å². The third-order valence-electron chi connectivity index (χ3n) is 1.05. The Balaban J connectivity index is 4.59.